The monoisotopic (exact) mass is 496 g/mol. The van der Waals surface area contributed by atoms with Crippen molar-refractivity contribution in [3.05, 3.63) is 0 Å². The van der Waals surface area contributed by atoms with Crippen molar-refractivity contribution in [1.29, 1.82) is 0 Å². The molecule has 0 amide bonds. The Hall–Kier alpha value is -0.0700. The van der Waals surface area contributed by atoms with Crippen molar-refractivity contribution in [1.82, 2.24) is 0 Å². The molecule has 0 aromatic heterocycles. The molecule has 0 radical (unpaired) electrons. The van der Waals surface area contributed by atoms with Crippen LogP contribution in [0, 0.1) is 0 Å². The minimum Gasteiger partial charge on any atom is -0.472 e. The summed E-state index contributed by atoms with van der Waals surface area (Å²) in [6.45, 7) is 8.17. The van der Waals surface area contributed by atoms with Crippen LogP contribution in [-0.4, -0.2) is 34.5 Å². The Kier molecular flexibility index (Phi) is 21.4. The topological polar surface area (TPSA) is 82.1 Å². The summed E-state index contributed by atoms with van der Waals surface area (Å²) in [5, 5.41) is 9.40. The Bertz CT molecular complexity index is 491. The van der Waals surface area contributed by atoms with E-state index in [-0.39, 0.29) is 18.0 Å². The molecule has 0 heterocycles. The van der Waals surface area contributed by atoms with E-state index in [0.29, 0.717) is 6.42 Å². The summed E-state index contributed by atoms with van der Waals surface area (Å²) in [7, 11) is -4.31. The zero-order chi connectivity index (χ0) is 24.1. The Morgan fingerprint density at radius 2 is 1.38 bits per heavy atom. The van der Waals surface area contributed by atoms with E-state index in [2.05, 4.69) is 13.8 Å². The molecule has 0 fully saturated rings. The molecule has 6 nitrogen and oxygen atoms in total. The summed E-state index contributed by atoms with van der Waals surface area (Å²) in [6.07, 6.45) is 17.5. The predicted octanol–water partition coefficient (Wildman–Crippen LogP) is 9.22. The highest BCUT2D eigenvalue weighted by atomic mass is 32.2. The number of hydrogen-bond acceptors (Lipinski definition) is 6. The summed E-state index contributed by atoms with van der Waals surface area (Å²) in [6, 6.07) is 0. The maximum atomic E-state index is 12.4. The van der Waals surface area contributed by atoms with Gasteiger partial charge in [-0.25, -0.2) is 14.2 Å². The van der Waals surface area contributed by atoms with Crippen LogP contribution in [0.5, 0.6) is 0 Å². The van der Waals surface area contributed by atoms with Crippen molar-refractivity contribution in [2.24, 2.45) is 0 Å². The van der Waals surface area contributed by atoms with Gasteiger partial charge in [0.2, 0.25) is 0 Å². The first-order valence-corrected chi connectivity index (χ1v) is 15.4. The Morgan fingerprint density at radius 3 is 1.91 bits per heavy atom. The molecule has 0 saturated heterocycles. The predicted molar refractivity (Wildman–Crippen MR) is 136 cm³/mol. The number of carboxylic acid groups (broad SMARTS) is 1. The molecule has 0 aromatic rings. The Labute approximate surface area is 201 Å². The van der Waals surface area contributed by atoms with Gasteiger partial charge in [0.1, 0.15) is 6.10 Å². The smallest absolute Gasteiger partial charge is 0.464 e. The first-order chi connectivity index (χ1) is 15.4. The van der Waals surface area contributed by atoms with E-state index in [1.807, 2.05) is 25.6 Å². The summed E-state index contributed by atoms with van der Waals surface area (Å²) >= 11 is 1.86. The van der Waals surface area contributed by atoms with E-state index < -0.39 is 13.3 Å². The highest BCUT2D eigenvalue weighted by Gasteiger charge is 2.38. The molecular formula is C24H49O6PS. The second kappa shape index (κ2) is 21.5. The van der Waals surface area contributed by atoms with Gasteiger partial charge in [0, 0.05) is 5.25 Å². The average Bonchev–Trinajstić information content (AvgIpc) is 2.78. The lowest BCUT2D eigenvalue weighted by Crippen LogP contribution is -2.24. The fourth-order valence-electron chi connectivity index (χ4n) is 3.38. The van der Waals surface area contributed by atoms with Gasteiger partial charge in [-0.3, -0.25) is 4.52 Å². The van der Waals surface area contributed by atoms with Gasteiger partial charge in [-0.05, 0) is 31.9 Å². The maximum absolute atomic E-state index is 12.4. The van der Waals surface area contributed by atoms with Crippen LogP contribution in [0.25, 0.3) is 0 Å². The molecule has 0 rings (SSSR count). The highest BCUT2D eigenvalue weighted by molar-refractivity contribution is 7.99. The van der Waals surface area contributed by atoms with Gasteiger partial charge < -0.3 is 5.11 Å². The number of rotatable bonds is 24. The van der Waals surface area contributed by atoms with Crippen molar-refractivity contribution in [2.75, 3.05) is 12.4 Å². The zero-order valence-electron chi connectivity index (χ0n) is 21.0. The standard InChI is InChI=1S/C24H49O6PS/c1-5-8-10-12-13-14-16-18-21-32-23(19-17-15-11-9-6-2)22(4)29-30-31(27,24(25)26)28-20-7-3/h22-23H,5-21H2,1-4H3,(H,25,26). The zero-order valence-corrected chi connectivity index (χ0v) is 22.7. The van der Waals surface area contributed by atoms with Gasteiger partial charge in [0.05, 0.1) is 6.61 Å². The third-order valence-corrected chi connectivity index (χ3v) is 8.28. The molecule has 32 heavy (non-hydrogen) atoms. The fourth-order valence-corrected chi connectivity index (χ4v) is 5.59. The first kappa shape index (κ1) is 31.9. The van der Waals surface area contributed by atoms with Gasteiger partial charge in [0.15, 0.2) is 0 Å². The lowest BCUT2D eigenvalue weighted by Gasteiger charge is -2.24. The fraction of sp³-hybridized carbons (Fsp3) is 0.958. The summed E-state index contributed by atoms with van der Waals surface area (Å²) in [5.74, 6) is 1.05. The van der Waals surface area contributed by atoms with Gasteiger partial charge >= 0.3 is 13.3 Å². The van der Waals surface area contributed by atoms with Crippen LogP contribution >= 0.6 is 19.4 Å². The molecule has 192 valence electrons. The molecule has 0 bridgehead atoms. The summed E-state index contributed by atoms with van der Waals surface area (Å²) < 4.78 is 22.2. The summed E-state index contributed by atoms with van der Waals surface area (Å²) in [5.41, 5.74) is -1.61. The molecule has 1 N–H and O–H groups in total. The van der Waals surface area contributed by atoms with E-state index >= 15 is 0 Å². The van der Waals surface area contributed by atoms with Crippen LogP contribution in [0.1, 0.15) is 124 Å². The van der Waals surface area contributed by atoms with Crippen molar-refractivity contribution in [3.8, 4) is 0 Å². The largest absolute Gasteiger partial charge is 0.472 e. The lowest BCUT2D eigenvalue weighted by atomic mass is 10.1. The normalized spacial score (nSPS) is 15.4. The molecule has 3 atom stereocenters. The Morgan fingerprint density at radius 1 is 0.844 bits per heavy atom. The molecule has 0 spiro atoms. The van der Waals surface area contributed by atoms with Crippen LogP contribution in [0.2, 0.25) is 0 Å². The van der Waals surface area contributed by atoms with E-state index in [4.69, 9.17) is 14.1 Å². The van der Waals surface area contributed by atoms with Crippen molar-refractivity contribution >= 4 is 25.1 Å². The highest BCUT2D eigenvalue weighted by Crippen LogP contribution is 2.49. The minimum absolute atomic E-state index is 0.0510. The third kappa shape index (κ3) is 16.5. The molecule has 0 aliphatic heterocycles. The van der Waals surface area contributed by atoms with Gasteiger partial charge in [0.25, 0.3) is 0 Å². The van der Waals surface area contributed by atoms with E-state index in [1.165, 1.54) is 77.0 Å². The molecule has 3 unspecified atom stereocenters. The van der Waals surface area contributed by atoms with Crippen LogP contribution in [0.4, 0.5) is 4.79 Å². The van der Waals surface area contributed by atoms with E-state index in [9.17, 15) is 14.5 Å². The first-order valence-electron chi connectivity index (χ1n) is 12.9. The molecular weight excluding hydrogens is 447 g/mol. The van der Waals surface area contributed by atoms with Gasteiger partial charge in [-0.15, -0.1) is 4.67 Å². The SMILES string of the molecule is CCCCCCCCCCSC(CCCCCCC)C(C)OOP(=O)(OCCC)C(=O)O. The van der Waals surface area contributed by atoms with Crippen LogP contribution < -0.4 is 0 Å². The van der Waals surface area contributed by atoms with E-state index in [0.717, 1.165) is 18.6 Å². The number of carbonyl (C=O) groups is 1. The lowest BCUT2D eigenvalue weighted by molar-refractivity contribution is -0.245. The Balaban J connectivity index is 4.49. The molecule has 8 heteroatoms. The van der Waals surface area contributed by atoms with Crippen LogP contribution in [0.3, 0.4) is 0 Å². The molecule has 0 aliphatic rings. The van der Waals surface area contributed by atoms with Gasteiger partial charge in [-0.1, -0.05) is 97.8 Å². The van der Waals surface area contributed by atoms with Crippen molar-refractivity contribution < 1.29 is 28.6 Å². The molecule has 0 aromatic carbocycles. The van der Waals surface area contributed by atoms with Gasteiger partial charge in [-0.2, -0.15) is 11.8 Å². The number of unbranched alkanes of at least 4 members (excludes halogenated alkanes) is 11. The second-order valence-electron chi connectivity index (χ2n) is 8.58. The van der Waals surface area contributed by atoms with Crippen LogP contribution in [0.15, 0.2) is 0 Å². The quantitative estimate of drug-likeness (QED) is 0.0617. The number of thioether (sulfide) groups is 1. The molecule has 0 aliphatic carbocycles. The maximum Gasteiger partial charge on any atom is 0.464 e. The van der Waals surface area contributed by atoms with Crippen molar-refractivity contribution in [2.45, 2.75) is 135 Å². The summed E-state index contributed by atoms with van der Waals surface area (Å²) in [4.78, 5) is 16.7. The van der Waals surface area contributed by atoms with Crippen LogP contribution in [-0.2, 0) is 18.7 Å². The van der Waals surface area contributed by atoms with Crippen molar-refractivity contribution in [3.63, 3.8) is 0 Å². The average molecular weight is 497 g/mol. The minimum atomic E-state index is -4.31. The number of hydrogen-bond donors (Lipinski definition) is 1. The second-order valence-corrected chi connectivity index (χ2v) is 11.7. The van der Waals surface area contributed by atoms with E-state index in [1.54, 1.807) is 0 Å². The third-order valence-electron chi connectivity index (χ3n) is 5.44. The molecule has 0 saturated carbocycles.